The molecule has 0 saturated heterocycles. The zero-order valence-electron chi connectivity index (χ0n) is 6.39. The maximum Gasteiger partial charge on any atom is 0.165 e. The Morgan fingerprint density at radius 2 is 2.17 bits per heavy atom. The van der Waals surface area contributed by atoms with E-state index < -0.39 is 0 Å². The van der Waals surface area contributed by atoms with E-state index in [0.29, 0.717) is 5.02 Å². The van der Waals surface area contributed by atoms with Crippen molar-refractivity contribution in [3.05, 3.63) is 29.0 Å². The Hall–Kier alpha value is -0.760. The predicted molar refractivity (Wildman–Crippen MR) is 45.1 cm³/mol. The van der Waals surface area contributed by atoms with Crippen LogP contribution in [0.2, 0.25) is 5.02 Å². The van der Waals surface area contributed by atoms with E-state index in [9.17, 15) is 4.39 Å². The molecule has 1 fully saturated rings. The van der Waals surface area contributed by atoms with Crippen LogP contribution < -0.4 is 4.74 Å². The minimum absolute atomic E-state index is 0.206. The molecule has 0 N–H and O–H groups in total. The van der Waals surface area contributed by atoms with Crippen molar-refractivity contribution >= 4 is 11.6 Å². The van der Waals surface area contributed by atoms with Crippen molar-refractivity contribution in [2.45, 2.75) is 18.9 Å². The smallest absolute Gasteiger partial charge is 0.165 e. The fraction of sp³-hybridized carbons (Fsp3) is 0.333. The number of hydrogen-bond donors (Lipinski definition) is 0. The molecular weight excluding hydrogens is 179 g/mol. The van der Waals surface area contributed by atoms with E-state index in [4.69, 9.17) is 16.3 Å². The van der Waals surface area contributed by atoms with E-state index in [1.807, 2.05) is 0 Å². The highest BCUT2D eigenvalue weighted by atomic mass is 35.5. The van der Waals surface area contributed by atoms with Gasteiger partial charge in [0.2, 0.25) is 0 Å². The monoisotopic (exact) mass is 186 g/mol. The van der Waals surface area contributed by atoms with Gasteiger partial charge in [-0.1, -0.05) is 11.6 Å². The van der Waals surface area contributed by atoms with Gasteiger partial charge in [-0.3, -0.25) is 0 Å². The van der Waals surface area contributed by atoms with Gasteiger partial charge in [0.1, 0.15) is 0 Å². The molecule has 0 aliphatic heterocycles. The van der Waals surface area contributed by atoms with E-state index in [1.165, 1.54) is 18.2 Å². The third-order valence-electron chi connectivity index (χ3n) is 1.71. The third-order valence-corrected chi connectivity index (χ3v) is 1.95. The molecule has 0 atom stereocenters. The van der Waals surface area contributed by atoms with Crippen molar-refractivity contribution in [1.82, 2.24) is 0 Å². The lowest BCUT2D eigenvalue weighted by Gasteiger charge is -2.04. The van der Waals surface area contributed by atoms with Crippen LogP contribution in [0.1, 0.15) is 12.8 Å². The van der Waals surface area contributed by atoms with Crippen LogP contribution in [0.5, 0.6) is 5.75 Å². The van der Waals surface area contributed by atoms with Gasteiger partial charge in [0.05, 0.1) is 6.10 Å². The Morgan fingerprint density at radius 3 is 2.83 bits per heavy atom. The second kappa shape index (κ2) is 2.94. The third kappa shape index (κ3) is 1.69. The summed E-state index contributed by atoms with van der Waals surface area (Å²) in [6.45, 7) is 0. The van der Waals surface area contributed by atoms with Crippen LogP contribution in [-0.2, 0) is 0 Å². The van der Waals surface area contributed by atoms with Gasteiger partial charge in [0, 0.05) is 11.1 Å². The Kier molecular flexibility index (Phi) is 1.93. The van der Waals surface area contributed by atoms with Crippen LogP contribution in [0.15, 0.2) is 18.2 Å². The fourth-order valence-corrected chi connectivity index (χ4v) is 1.10. The summed E-state index contributed by atoms with van der Waals surface area (Å²) in [5.74, 6) is -0.0729. The number of ether oxygens (including phenoxy) is 1. The van der Waals surface area contributed by atoms with Crippen molar-refractivity contribution in [2.24, 2.45) is 0 Å². The summed E-state index contributed by atoms with van der Waals surface area (Å²) in [5.41, 5.74) is 0. The summed E-state index contributed by atoms with van der Waals surface area (Å²) in [4.78, 5) is 0. The van der Waals surface area contributed by atoms with Gasteiger partial charge in [-0.2, -0.15) is 0 Å². The van der Waals surface area contributed by atoms with E-state index in [1.54, 1.807) is 0 Å². The zero-order chi connectivity index (χ0) is 8.55. The normalized spacial score (nSPS) is 16.2. The molecule has 1 aliphatic rings. The molecule has 0 unspecified atom stereocenters. The maximum atomic E-state index is 13.0. The molecule has 0 amide bonds. The average molecular weight is 187 g/mol. The Labute approximate surface area is 75.1 Å². The second-order valence-electron chi connectivity index (χ2n) is 2.89. The summed E-state index contributed by atoms with van der Waals surface area (Å²) < 4.78 is 18.3. The molecule has 0 radical (unpaired) electrons. The van der Waals surface area contributed by atoms with Crippen molar-refractivity contribution in [3.8, 4) is 5.75 Å². The minimum Gasteiger partial charge on any atom is -0.487 e. The van der Waals surface area contributed by atoms with Gasteiger partial charge in [-0.25, -0.2) is 4.39 Å². The van der Waals surface area contributed by atoms with Crippen LogP contribution in [0, 0.1) is 5.82 Å². The van der Waals surface area contributed by atoms with Gasteiger partial charge < -0.3 is 4.74 Å². The molecule has 0 bridgehead atoms. The lowest BCUT2D eigenvalue weighted by molar-refractivity contribution is 0.287. The van der Waals surface area contributed by atoms with Crippen LogP contribution >= 0.6 is 11.6 Å². The lowest BCUT2D eigenvalue weighted by atomic mass is 10.3. The number of hydrogen-bond acceptors (Lipinski definition) is 1. The van der Waals surface area contributed by atoms with Crippen LogP contribution in [-0.4, -0.2) is 6.10 Å². The number of rotatable bonds is 2. The van der Waals surface area contributed by atoms with Gasteiger partial charge in [-0.05, 0) is 25.0 Å². The first-order valence-electron chi connectivity index (χ1n) is 3.87. The number of benzene rings is 1. The van der Waals surface area contributed by atoms with E-state index in [2.05, 4.69) is 0 Å². The van der Waals surface area contributed by atoms with Crippen LogP contribution in [0.3, 0.4) is 0 Å². The van der Waals surface area contributed by atoms with Crippen molar-refractivity contribution < 1.29 is 9.13 Å². The molecule has 0 aromatic heterocycles. The topological polar surface area (TPSA) is 9.23 Å². The van der Waals surface area contributed by atoms with E-state index in [-0.39, 0.29) is 17.7 Å². The van der Waals surface area contributed by atoms with Gasteiger partial charge in [0.15, 0.2) is 11.6 Å². The van der Waals surface area contributed by atoms with E-state index in [0.717, 1.165) is 12.8 Å². The summed E-state index contributed by atoms with van der Waals surface area (Å²) in [5, 5.41) is 0.507. The molecule has 1 aromatic rings. The molecule has 3 heteroatoms. The highest BCUT2D eigenvalue weighted by Gasteiger charge is 2.24. The quantitative estimate of drug-likeness (QED) is 0.690. The summed E-state index contributed by atoms with van der Waals surface area (Å²) in [6, 6.07) is 4.34. The van der Waals surface area contributed by atoms with Crippen LogP contribution in [0.25, 0.3) is 0 Å². The van der Waals surface area contributed by atoms with Crippen molar-refractivity contribution in [3.63, 3.8) is 0 Å². The first-order valence-corrected chi connectivity index (χ1v) is 4.25. The Balaban J connectivity index is 2.21. The maximum absolute atomic E-state index is 13.0. The SMILES string of the molecule is Fc1ccc(Cl)cc1OC1CC1. The first kappa shape index (κ1) is 7.87. The first-order chi connectivity index (χ1) is 5.75. The fourth-order valence-electron chi connectivity index (χ4n) is 0.933. The van der Waals surface area contributed by atoms with Crippen LogP contribution in [0.4, 0.5) is 4.39 Å². The van der Waals surface area contributed by atoms with Crippen molar-refractivity contribution in [2.75, 3.05) is 0 Å². The average Bonchev–Trinajstić information content (AvgIpc) is 2.81. The Morgan fingerprint density at radius 1 is 1.42 bits per heavy atom. The molecule has 12 heavy (non-hydrogen) atoms. The largest absolute Gasteiger partial charge is 0.487 e. The molecule has 0 heterocycles. The Bertz CT molecular complexity index is 297. The van der Waals surface area contributed by atoms with Gasteiger partial charge in [-0.15, -0.1) is 0 Å². The van der Waals surface area contributed by atoms with E-state index >= 15 is 0 Å². The molecule has 0 spiro atoms. The number of halogens is 2. The summed E-state index contributed by atoms with van der Waals surface area (Å²) in [6.07, 6.45) is 2.25. The highest BCUT2D eigenvalue weighted by molar-refractivity contribution is 6.30. The van der Waals surface area contributed by atoms with Crippen molar-refractivity contribution in [1.29, 1.82) is 0 Å². The predicted octanol–water partition coefficient (Wildman–Crippen LogP) is 3.02. The zero-order valence-corrected chi connectivity index (χ0v) is 7.14. The molecule has 2 rings (SSSR count). The molecule has 1 aromatic carbocycles. The van der Waals surface area contributed by atoms with Gasteiger partial charge >= 0.3 is 0 Å². The molecular formula is C9H8ClFO. The molecule has 64 valence electrons. The standard InChI is InChI=1S/C9H8ClFO/c10-6-1-4-8(11)9(5-6)12-7-2-3-7/h1,4-5,7H,2-3H2. The molecule has 1 aliphatic carbocycles. The molecule has 1 saturated carbocycles. The van der Waals surface area contributed by atoms with Gasteiger partial charge in [0.25, 0.3) is 0 Å². The highest BCUT2D eigenvalue weighted by Crippen LogP contribution is 2.30. The lowest BCUT2D eigenvalue weighted by Crippen LogP contribution is -1.97. The molecule has 1 nitrogen and oxygen atoms in total. The minimum atomic E-state index is -0.341. The summed E-state index contributed by atoms with van der Waals surface area (Å²) >= 11 is 5.67. The second-order valence-corrected chi connectivity index (χ2v) is 3.33. The summed E-state index contributed by atoms with van der Waals surface area (Å²) in [7, 11) is 0.